The summed E-state index contributed by atoms with van der Waals surface area (Å²) in [5, 5.41) is 17.5. The van der Waals surface area contributed by atoms with E-state index in [1.54, 1.807) is 27.9 Å². The van der Waals surface area contributed by atoms with Crippen LogP contribution in [0.4, 0.5) is 5.69 Å². The number of fused-ring (bicyclic) bond motifs is 4. The number of benzene rings is 3. The molecule has 1 aliphatic rings. The van der Waals surface area contributed by atoms with Gasteiger partial charge in [-0.2, -0.15) is 5.10 Å². The minimum absolute atomic E-state index is 0.112. The number of carbonyl (C=O) groups is 2. The average molecular weight is 790 g/mol. The second-order valence-corrected chi connectivity index (χ2v) is 15.5. The van der Waals surface area contributed by atoms with Crippen LogP contribution in [0.1, 0.15) is 74.0 Å². The zero-order valence-corrected chi connectivity index (χ0v) is 33.6. The molecule has 8 rings (SSSR count). The van der Waals surface area contributed by atoms with Gasteiger partial charge in [0.15, 0.2) is 0 Å². The molecule has 7 aromatic rings. The number of anilines is 1. The number of halogens is 2. The number of aromatic carboxylic acids is 1. The fraction of sp³-hybridized carbons (Fsp3) is 0.273. The van der Waals surface area contributed by atoms with Gasteiger partial charge < -0.3 is 19.0 Å². The monoisotopic (exact) mass is 788 g/mol. The summed E-state index contributed by atoms with van der Waals surface area (Å²) in [6.45, 7) is 10.7. The molecule has 0 spiro atoms. The van der Waals surface area contributed by atoms with E-state index >= 15 is 4.79 Å². The van der Waals surface area contributed by atoms with Crippen molar-refractivity contribution in [2.24, 2.45) is 7.05 Å². The second-order valence-electron chi connectivity index (χ2n) is 14.7. The number of amides is 1. The molecular weight excluding hydrogens is 747 g/mol. The Bertz CT molecular complexity index is 2670. The molecule has 0 saturated heterocycles. The number of nitrogens with zero attached hydrogens (tertiary/aromatic N) is 6. The molecule has 1 aliphatic heterocycles. The first-order chi connectivity index (χ1) is 26.9. The van der Waals surface area contributed by atoms with Gasteiger partial charge in [0.2, 0.25) is 0 Å². The van der Waals surface area contributed by atoms with Crippen molar-refractivity contribution in [2.75, 3.05) is 11.5 Å². The average Bonchev–Trinajstić information content (AvgIpc) is 3.80. The SMILES string of the molecule is Cc1cc(OCCCc2c3n(c4c(-c5c(C)nn(C)c5C)cccc24)[C@H](C)C(Cl)N(c2cccc4cc(C(=O)O)n(Cc5ccncc5)c24)C3=O)cc(C)c1Cl. The summed E-state index contributed by atoms with van der Waals surface area (Å²) in [4.78, 5) is 33.8. The molecule has 0 radical (unpaired) electrons. The summed E-state index contributed by atoms with van der Waals surface area (Å²) < 4.78 is 12.0. The van der Waals surface area contributed by atoms with Crippen molar-refractivity contribution >= 4 is 62.6 Å². The Kier molecular flexibility index (Phi) is 9.66. The molecule has 1 unspecified atom stereocenters. The van der Waals surface area contributed by atoms with E-state index in [1.165, 1.54) is 0 Å². The first-order valence-corrected chi connectivity index (χ1v) is 19.5. The van der Waals surface area contributed by atoms with Crippen molar-refractivity contribution in [1.82, 2.24) is 23.9 Å². The number of carboxylic acid groups (broad SMARTS) is 1. The van der Waals surface area contributed by atoms with Gasteiger partial charge in [-0.1, -0.05) is 53.5 Å². The number of hydrogen-bond acceptors (Lipinski definition) is 5. The maximum absolute atomic E-state index is 15.4. The van der Waals surface area contributed by atoms with E-state index in [0.29, 0.717) is 41.7 Å². The Morgan fingerprint density at radius 1 is 0.964 bits per heavy atom. The predicted molar refractivity (Wildman–Crippen MR) is 222 cm³/mol. The van der Waals surface area contributed by atoms with Crippen LogP contribution in [-0.2, 0) is 20.0 Å². The molecule has 1 N–H and O–H groups in total. The van der Waals surface area contributed by atoms with Crippen molar-refractivity contribution in [2.45, 2.75) is 65.5 Å². The van der Waals surface area contributed by atoms with Crippen LogP contribution in [-0.4, -0.2) is 53.0 Å². The number of para-hydroxylation sites is 2. The molecule has 4 aromatic heterocycles. The lowest BCUT2D eigenvalue weighted by molar-refractivity contribution is 0.0686. The molecule has 0 saturated carbocycles. The van der Waals surface area contributed by atoms with Crippen LogP contribution < -0.4 is 9.64 Å². The highest BCUT2D eigenvalue weighted by Crippen LogP contribution is 2.46. The van der Waals surface area contributed by atoms with Gasteiger partial charge in [0.25, 0.3) is 5.91 Å². The van der Waals surface area contributed by atoms with E-state index in [-0.39, 0.29) is 24.2 Å². The number of ether oxygens (including phenoxy) is 1. The summed E-state index contributed by atoms with van der Waals surface area (Å²) in [6.07, 6.45) is 4.56. The quantitative estimate of drug-likeness (QED) is 0.0840. The zero-order chi connectivity index (χ0) is 39.6. The van der Waals surface area contributed by atoms with E-state index in [1.807, 2.05) is 88.0 Å². The van der Waals surface area contributed by atoms with Crippen molar-refractivity contribution < 1.29 is 19.4 Å². The molecule has 0 bridgehead atoms. The van der Waals surface area contributed by atoms with Gasteiger partial charge in [0.1, 0.15) is 22.6 Å². The molecule has 10 nitrogen and oxygen atoms in total. The molecule has 56 heavy (non-hydrogen) atoms. The van der Waals surface area contributed by atoms with E-state index in [4.69, 9.17) is 33.0 Å². The van der Waals surface area contributed by atoms with Crippen LogP contribution in [0.5, 0.6) is 5.75 Å². The largest absolute Gasteiger partial charge is 0.494 e. The number of carbonyl (C=O) groups excluding carboxylic acids is 1. The van der Waals surface area contributed by atoms with Crippen LogP contribution >= 0.6 is 23.2 Å². The normalized spacial score (nSPS) is 15.6. The number of aromatic nitrogens is 5. The molecule has 0 aliphatic carbocycles. The van der Waals surface area contributed by atoms with Crippen LogP contribution in [0.25, 0.3) is 32.9 Å². The number of hydrogen-bond donors (Lipinski definition) is 1. The molecule has 2 atom stereocenters. The number of alkyl halides is 1. The Hall–Kier alpha value is -5.58. The summed E-state index contributed by atoms with van der Waals surface area (Å²) >= 11 is 13.9. The number of pyridine rings is 1. The molecule has 286 valence electrons. The van der Waals surface area contributed by atoms with Gasteiger partial charge in [-0.05, 0) is 106 Å². The molecular formula is C44H42Cl2N6O4. The topological polar surface area (TPSA) is 107 Å². The maximum Gasteiger partial charge on any atom is 0.352 e. The highest BCUT2D eigenvalue weighted by molar-refractivity contribution is 6.32. The van der Waals surface area contributed by atoms with Gasteiger partial charge >= 0.3 is 5.97 Å². The fourth-order valence-corrected chi connectivity index (χ4v) is 8.85. The minimum Gasteiger partial charge on any atom is -0.494 e. The van der Waals surface area contributed by atoms with Gasteiger partial charge in [-0.15, -0.1) is 0 Å². The number of rotatable bonds is 10. The molecule has 12 heteroatoms. The molecule has 5 heterocycles. The number of aryl methyl sites for hydroxylation is 5. The predicted octanol–water partition coefficient (Wildman–Crippen LogP) is 9.82. The van der Waals surface area contributed by atoms with E-state index in [2.05, 4.69) is 28.6 Å². The number of carboxylic acids is 1. The Balaban J connectivity index is 1.29. The Morgan fingerprint density at radius 3 is 2.36 bits per heavy atom. The third-order valence-electron chi connectivity index (χ3n) is 11.1. The smallest absolute Gasteiger partial charge is 0.352 e. The van der Waals surface area contributed by atoms with Crippen LogP contribution in [0.2, 0.25) is 5.02 Å². The third-order valence-corrected chi connectivity index (χ3v) is 12.3. The summed E-state index contributed by atoms with van der Waals surface area (Å²) in [6, 6.07) is 20.7. The van der Waals surface area contributed by atoms with Gasteiger partial charge in [-0.3, -0.25) is 19.4 Å². The lowest BCUT2D eigenvalue weighted by Crippen LogP contribution is -2.48. The molecule has 3 aromatic carbocycles. The first-order valence-electron chi connectivity index (χ1n) is 18.6. The third kappa shape index (κ3) is 6.12. The van der Waals surface area contributed by atoms with Crippen LogP contribution in [0.15, 0.2) is 79.1 Å². The van der Waals surface area contributed by atoms with Gasteiger partial charge in [-0.25, -0.2) is 4.79 Å². The van der Waals surface area contributed by atoms with Gasteiger partial charge in [0, 0.05) is 58.6 Å². The standard InChI is InChI=1S/C44H42Cl2N6O4/c1-24-20-31(21-25(2)38(24)45)56-19-9-13-33-32-11-8-12-34(37-26(3)48-49(6)27(37)4)40(32)51-28(5)42(46)52(43(53)41(33)51)35-14-7-10-30-22-36(44(54)55)50(39(30)35)23-29-15-17-47-18-16-29/h7-8,10-12,14-18,20-22,28,42H,9,13,19,23H2,1-6H3,(H,54,55)/t28-,42?/m1/s1. The zero-order valence-electron chi connectivity index (χ0n) is 32.1. The van der Waals surface area contributed by atoms with Crippen molar-refractivity contribution in [1.29, 1.82) is 0 Å². The van der Waals surface area contributed by atoms with Gasteiger partial charge in [0.05, 0.1) is 35.1 Å². The Labute approximate surface area is 334 Å². The fourth-order valence-electron chi connectivity index (χ4n) is 8.44. The van der Waals surface area contributed by atoms with Crippen LogP contribution in [0.3, 0.4) is 0 Å². The molecule has 1 amide bonds. The lowest BCUT2D eigenvalue weighted by Gasteiger charge is -2.39. The first kappa shape index (κ1) is 37.3. The maximum atomic E-state index is 15.4. The summed E-state index contributed by atoms with van der Waals surface area (Å²) in [5.74, 6) is -0.572. The van der Waals surface area contributed by atoms with Crippen molar-refractivity contribution in [3.05, 3.63) is 129 Å². The Morgan fingerprint density at radius 2 is 1.68 bits per heavy atom. The second kappa shape index (κ2) is 14.5. The highest BCUT2D eigenvalue weighted by atomic mass is 35.5. The van der Waals surface area contributed by atoms with Crippen LogP contribution in [0, 0.1) is 27.7 Å². The van der Waals surface area contributed by atoms with E-state index in [0.717, 1.165) is 66.4 Å². The molecule has 0 fully saturated rings. The van der Waals surface area contributed by atoms with Crippen molar-refractivity contribution in [3.8, 4) is 16.9 Å². The lowest BCUT2D eigenvalue weighted by atomic mass is 9.98. The highest BCUT2D eigenvalue weighted by Gasteiger charge is 2.42. The van der Waals surface area contributed by atoms with E-state index in [9.17, 15) is 9.90 Å². The van der Waals surface area contributed by atoms with Crippen molar-refractivity contribution in [3.63, 3.8) is 0 Å². The minimum atomic E-state index is -1.07. The summed E-state index contributed by atoms with van der Waals surface area (Å²) in [5.41, 5.74) is 9.54. The summed E-state index contributed by atoms with van der Waals surface area (Å²) in [7, 11) is 1.94. The van der Waals surface area contributed by atoms with E-state index < -0.39 is 11.5 Å².